The number of anilines is 1. The largest absolute Gasteiger partial charge is 0.477 e. The lowest BCUT2D eigenvalue weighted by atomic mass is 10.0. The number of carboxylic acids is 1. The van der Waals surface area contributed by atoms with Crippen LogP contribution in [0.3, 0.4) is 0 Å². The van der Waals surface area contributed by atoms with Crippen LogP contribution in [0.5, 0.6) is 0 Å². The van der Waals surface area contributed by atoms with Gasteiger partial charge in [-0.05, 0) is 5.18 Å². The number of ether oxygens (including phenoxy) is 1. The highest BCUT2D eigenvalue weighted by Crippen LogP contribution is 2.41. The summed E-state index contributed by atoms with van der Waals surface area (Å²) in [7, 11) is 2.95. The van der Waals surface area contributed by atoms with Crippen molar-refractivity contribution in [1.82, 2.24) is 20.1 Å². The predicted molar refractivity (Wildman–Crippen MR) is 115 cm³/mol. The van der Waals surface area contributed by atoms with Crippen LogP contribution in [0.4, 0.5) is 9.93 Å². The van der Waals surface area contributed by atoms with Crippen molar-refractivity contribution in [2.45, 2.75) is 17.5 Å². The Morgan fingerprint density at radius 2 is 2.16 bits per heavy atom. The van der Waals surface area contributed by atoms with Gasteiger partial charge < -0.3 is 25.8 Å². The Morgan fingerprint density at radius 3 is 2.69 bits per heavy atom. The van der Waals surface area contributed by atoms with E-state index in [0.717, 1.165) is 16.2 Å². The number of nitroso groups, excluding NO2 is 1. The molecule has 0 bridgehead atoms. The van der Waals surface area contributed by atoms with E-state index < -0.39 is 41.3 Å². The summed E-state index contributed by atoms with van der Waals surface area (Å²) >= 11 is 7.97. The second-order valence-corrected chi connectivity index (χ2v) is 9.56. The minimum absolute atomic E-state index is 0.0175. The van der Waals surface area contributed by atoms with E-state index in [9.17, 15) is 29.2 Å². The van der Waals surface area contributed by atoms with Gasteiger partial charge in [0.25, 0.3) is 11.8 Å². The Morgan fingerprint density at radius 1 is 1.47 bits per heavy atom. The van der Waals surface area contributed by atoms with Gasteiger partial charge >= 0.3 is 12.1 Å². The molecule has 2 aliphatic rings. The van der Waals surface area contributed by atoms with E-state index in [1.165, 1.54) is 30.8 Å². The molecule has 3 rings (SSSR count). The first-order valence-electron chi connectivity index (χ1n) is 8.85. The van der Waals surface area contributed by atoms with Crippen LogP contribution in [0.15, 0.2) is 16.4 Å². The van der Waals surface area contributed by atoms with Gasteiger partial charge in [0.2, 0.25) is 6.04 Å². The van der Waals surface area contributed by atoms with Crippen LogP contribution in [0, 0.1) is 4.91 Å². The van der Waals surface area contributed by atoms with Crippen LogP contribution < -0.4 is 11.1 Å². The third kappa shape index (κ3) is 4.35. The maximum Gasteiger partial charge on any atom is 0.409 e. The zero-order valence-electron chi connectivity index (χ0n) is 16.6. The number of carbonyl (C=O) groups is 4. The number of halogens is 1. The summed E-state index contributed by atoms with van der Waals surface area (Å²) in [6.45, 7) is -0.306. The number of aliphatic carboxylic acids is 1. The molecular formula is C16H17ClN6O7S2. The molecule has 0 aliphatic carbocycles. The molecule has 4 N–H and O–H groups in total. The van der Waals surface area contributed by atoms with Gasteiger partial charge in [-0.3, -0.25) is 14.5 Å². The number of carboxylic acid groups (broad SMARTS) is 1. The highest BCUT2D eigenvalue weighted by atomic mass is 35.5. The number of amides is 3. The predicted octanol–water partition coefficient (Wildman–Crippen LogP) is 0.623. The fourth-order valence-electron chi connectivity index (χ4n) is 3.02. The molecule has 0 radical (unpaired) electrons. The average molecular weight is 505 g/mol. The molecule has 1 saturated heterocycles. The molecule has 1 aromatic rings. The van der Waals surface area contributed by atoms with E-state index in [2.05, 4.69) is 15.5 Å². The summed E-state index contributed by atoms with van der Waals surface area (Å²) in [4.78, 5) is 65.9. The molecule has 0 spiro atoms. The van der Waals surface area contributed by atoms with Crippen LogP contribution >= 0.6 is 34.7 Å². The SMILES string of the molecule is CN(C)C(=O)OCC1=C(C(=O)O)N2C(=O)[C@@H](NC(=O)C(N=O)c3nc(N)sc3Cl)[C@@H]2SC1. The van der Waals surface area contributed by atoms with Crippen LogP contribution in [-0.2, 0) is 19.1 Å². The Bertz CT molecular complexity index is 1030. The molecule has 13 nitrogen and oxygen atoms in total. The number of nitrogen functional groups attached to an aromatic ring is 1. The molecule has 0 saturated carbocycles. The minimum atomic E-state index is -1.62. The lowest BCUT2D eigenvalue weighted by Crippen LogP contribution is -2.70. The number of nitrogens with two attached hydrogens (primary N) is 1. The fraction of sp³-hybridized carbons (Fsp3) is 0.438. The van der Waals surface area contributed by atoms with Crippen molar-refractivity contribution in [3.05, 3.63) is 26.2 Å². The number of nitrogens with one attached hydrogen (secondary N) is 1. The number of rotatable bonds is 7. The van der Waals surface area contributed by atoms with Crippen LogP contribution in [0.25, 0.3) is 0 Å². The third-order valence-electron chi connectivity index (χ3n) is 4.52. The Labute approximate surface area is 193 Å². The molecule has 1 aromatic heterocycles. The number of nitrogens with zero attached hydrogens (tertiary/aromatic N) is 4. The lowest BCUT2D eigenvalue weighted by molar-refractivity contribution is -0.151. The minimum Gasteiger partial charge on any atom is -0.477 e. The Balaban J connectivity index is 1.75. The summed E-state index contributed by atoms with van der Waals surface area (Å²) in [5, 5.41) is 14.1. The van der Waals surface area contributed by atoms with E-state index in [0.29, 0.717) is 0 Å². The van der Waals surface area contributed by atoms with Crippen LogP contribution in [-0.4, -0.2) is 81.6 Å². The highest BCUT2D eigenvalue weighted by molar-refractivity contribution is 8.00. The topological polar surface area (TPSA) is 185 Å². The molecule has 1 unspecified atom stereocenters. The molecule has 3 amide bonds. The fourth-order valence-corrected chi connectivity index (χ4v) is 5.32. The maximum atomic E-state index is 12.7. The number of hydrogen-bond donors (Lipinski definition) is 3. The van der Waals surface area contributed by atoms with Gasteiger partial charge in [-0.1, -0.05) is 22.9 Å². The van der Waals surface area contributed by atoms with Crippen LogP contribution in [0.1, 0.15) is 11.7 Å². The van der Waals surface area contributed by atoms with Crippen molar-refractivity contribution in [1.29, 1.82) is 0 Å². The van der Waals surface area contributed by atoms with E-state index in [4.69, 9.17) is 22.1 Å². The number of thiazole rings is 1. The third-order valence-corrected chi connectivity index (χ3v) is 6.98. The zero-order valence-corrected chi connectivity index (χ0v) is 19.0. The zero-order chi connectivity index (χ0) is 23.7. The summed E-state index contributed by atoms with van der Waals surface area (Å²) in [5.41, 5.74) is 5.33. The van der Waals surface area contributed by atoms with E-state index in [1.54, 1.807) is 0 Å². The molecule has 1 fully saturated rings. The van der Waals surface area contributed by atoms with Gasteiger partial charge in [-0.2, -0.15) is 0 Å². The molecule has 16 heteroatoms. The van der Waals surface area contributed by atoms with E-state index in [1.807, 2.05) is 0 Å². The molecule has 3 atom stereocenters. The first-order valence-corrected chi connectivity index (χ1v) is 11.1. The van der Waals surface area contributed by atoms with Gasteiger partial charge in [0.15, 0.2) is 5.13 Å². The average Bonchev–Trinajstić information content (AvgIpc) is 3.07. The highest BCUT2D eigenvalue weighted by Gasteiger charge is 2.54. The second-order valence-electron chi connectivity index (χ2n) is 6.82. The molecule has 3 heterocycles. The number of β-lactam (4-membered cyclic amide) rings is 1. The quantitative estimate of drug-likeness (QED) is 0.351. The van der Waals surface area contributed by atoms with Crippen molar-refractivity contribution >= 4 is 63.7 Å². The van der Waals surface area contributed by atoms with Gasteiger partial charge in [0, 0.05) is 25.4 Å². The van der Waals surface area contributed by atoms with Gasteiger partial charge in [0.1, 0.15) is 33.7 Å². The van der Waals surface area contributed by atoms with Crippen LogP contribution in [0.2, 0.25) is 4.34 Å². The molecule has 2 aliphatic heterocycles. The first-order chi connectivity index (χ1) is 15.1. The van der Waals surface area contributed by atoms with Crippen molar-refractivity contribution in [2.24, 2.45) is 5.18 Å². The van der Waals surface area contributed by atoms with Gasteiger partial charge in [-0.25, -0.2) is 14.6 Å². The number of aromatic nitrogens is 1. The summed E-state index contributed by atoms with van der Waals surface area (Å²) < 4.78 is 5.05. The monoisotopic (exact) mass is 504 g/mol. The Hall–Kier alpha value is -2.91. The van der Waals surface area contributed by atoms with E-state index in [-0.39, 0.29) is 38.8 Å². The second kappa shape index (κ2) is 9.30. The Kier molecular flexibility index (Phi) is 6.90. The maximum absolute atomic E-state index is 12.7. The number of hydrogen-bond acceptors (Lipinski definition) is 11. The number of thioether (sulfide) groups is 1. The van der Waals surface area contributed by atoms with Gasteiger partial charge in [-0.15, -0.1) is 16.7 Å². The normalized spacial score (nSPS) is 20.7. The number of carbonyl (C=O) groups excluding carboxylic acids is 3. The van der Waals surface area contributed by atoms with Crippen molar-refractivity contribution in [3.63, 3.8) is 0 Å². The van der Waals surface area contributed by atoms with Crippen molar-refractivity contribution in [2.75, 3.05) is 32.2 Å². The first kappa shape index (κ1) is 23.7. The van der Waals surface area contributed by atoms with Crippen molar-refractivity contribution < 1.29 is 29.0 Å². The smallest absolute Gasteiger partial charge is 0.409 e. The lowest BCUT2D eigenvalue weighted by Gasteiger charge is -2.49. The molecule has 0 aromatic carbocycles. The molecular weight excluding hydrogens is 488 g/mol. The number of fused-ring (bicyclic) bond motifs is 1. The molecule has 172 valence electrons. The standard InChI is InChI=1S/C16H17ClN6O7S2/c1-22(2)16(28)30-3-5-4-31-13-8(12(25)23(13)9(5)14(26)27)19-11(24)7(21-29)6-10(17)32-15(18)20-6/h7-8,13H,3-4H2,1-2H3,(H2,18,20)(H,19,24)(H,26,27)/t7?,8-,13+/m1/s1. The summed E-state index contributed by atoms with van der Waals surface area (Å²) in [6.07, 6.45) is -0.664. The summed E-state index contributed by atoms with van der Waals surface area (Å²) in [5.74, 6) is -2.84. The van der Waals surface area contributed by atoms with Crippen molar-refractivity contribution in [3.8, 4) is 0 Å². The molecule has 32 heavy (non-hydrogen) atoms. The van der Waals surface area contributed by atoms with E-state index >= 15 is 0 Å². The van der Waals surface area contributed by atoms with Gasteiger partial charge in [0.05, 0.1) is 0 Å². The summed E-state index contributed by atoms with van der Waals surface area (Å²) in [6, 6.07) is -2.71.